The van der Waals surface area contributed by atoms with E-state index in [9.17, 15) is 9.59 Å². The highest BCUT2D eigenvalue weighted by atomic mass is 16.6. The first kappa shape index (κ1) is 14.1. The number of carbonyl (C=O) groups excluding carboxylic acids is 2. The highest BCUT2D eigenvalue weighted by Crippen LogP contribution is 2.06. The Hall–Kier alpha value is -1.92. The Morgan fingerprint density at radius 2 is 2.11 bits per heavy atom. The van der Waals surface area contributed by atoms with Crippen LogP contribution in [0.2, 0.25) is 0 Å². The van der Waals surface area contributed by atoms with Crippen molar-refractivity contribution in [2.45, 2.75) is 46.4 Å². The first-order chi connectivity index (χ1) is 8.26. The minimum atomic E-state index is -0.531. The van der Waals surface area contributed by atoms with Crippen molar-refractivity contribution in [2.75, 3.05) is 0 Å². The summed E-state index contributed by atoms with van der Waals surface area (Å²) in [7, 11) is 0. The van der Waals surface area contributed by atoms with E-state index in [0.717, 1.165) is 0 Å². The second-order valence-corrected chi connectivity index (χ2v) is 4.96. The number of nitrogens with one attached hydrogen (secondary N) is 1. The molecule has 0 bridgehead atoms. The maximum atomic E-state index is 11.4. The first-order valence-corrected chi connectivity index (χ1v) is 5.61. The van der Waals surface area contributed by atoms with Crippen LogP contribution in [-0.4, -0.2) is 32.5 Å². The van der Waals surface area contributed by atoms with Gasteiger partial charge >= 0.3 is 6.09 Å². The Kier molecular flexibility index (Phi) is 4.41. The highest BCUT2D eigenvalue weighted by Gasteiger charge is 2.16. The average Bonchev–Trinajstić information content (AvgIpc) is 2.59. The molecule has 0 aliphatic rings. The third kappa shape index (κ3) is 5.42. The molecule has 0 fully saturated rings. The van der Waals surface area contributed by atoms with Gasteiger partial charge in [-0.2, -0.15) is 0 Å². The molecule has 0 aliphatic heterocycles. The quantitative estimate of drug-likeness (QED) is 0.862. The smallest absolute Gasteiger partial charge is 0.407 e. The van der Waals surface area contributed by atoms with E-state index in [1.54, 1.807) is 27.0 Å². The molecule has 1 rings (SSSR count). The molecule has 0 unspecified atom stereocenters. The third-order valence-corrected chi connectivity index (χ3v) is 1.78. The summed E-state index contributed by atoms with van der Waals surface area (Å²) in [6.07, 6.45) is 1.10. The molecule has 1 amide bonds. The fourth-order valence-electron chi connectivity index (χ4n) is 1.20. The zero-order valence-electron chi connectivity index (χ0n) is 11.1. The number of nitrogens with zero attached hydrogens (tertiary/aromatic N) is 3. The van der Waals surface area contributed by atoms with Gasteiger partial charge in [0.1, 0.15) is 17.8 Å². The molecule has 0 saturated carbocycles. The molecule has 18 heavy (non-hydrogen) atoms. The van der Waals surface area contributed by atoms with E-state index in [1.807, 2.05) is 0 Å². The zero-order valence-corrected chi connectivity index (χ0v) is 11.1. The molecule has 100 valence electrons. The minimum absolute atomic E-state index is 0.00782. The van der Waals surface area contributed by atoms with Gasteiger partial charge in [0.2, 0.25) is 0 Å². The normalized spacial score (nSPS) is 11.1. The maximum Gasteiger partial charge on any atom is 0.407 e. The molecule has 0 aromatic carbocycles. The molecule has 1 aromatic heterocycles. The Morgan fingerprint density at radius 3 is 2.67 bits per heavy atom. The van der Waals surface area contributed by atoms with Crippen LogP contribution in [0.25, 0.3) is 0 Å². The van der Waals surface area contributed by atoms with Crippen LogP contribution in [-0.2, 0) is 22.6 Å². The van der Waals surface area contributed by atoms with Crippen molar-refractivity contribution in [3.8, 4) is 0 Å². The Bertz CT molecular complexity index is 434. The van der Waals surface area contributed by atoms with E-state index in [4.69, 9.17) is 4.74 Å². The summed E-state index contributed by atoms with van der Waals surface area (Å²) >= 11 is 0. The molecule has 0 saturated heterocycles. The van der Waals surface area contributed by atoms with Crippen molar-refractivity contribution in [3.63, 3.8) is 0 Å². The van der Waals surface area contributed by atoms with Crippen molar-refractivity contribution in [1.82, 2.24) is 20.3 Å². The highest BCUT2D eigenvalue weighted by molar-refractivity contribution is 5.75. The van der Waals surface area contributed by atoms with Crippen LogP contribution in [0, 0.1) is 0 Å². The van der Waals surface area contributed by atoms with Crippen LogP contribution >= 0.6 is 0 Å². The molecule has 1 heterocycles. The van der Waals surface area contributed by atoms with Gasteiger partial charge in [0.05, 0.1) is 12.7 Å². The number of amides is 1. The Balaban J connectivity index is 2.42. The van der Waals surface area contributed by atoms with Gasteiger partial charge in [0, 0.05) is 0 Å². The lowest BCUT2D eigenvalue weighted by atomic mass is 10.2. The summed E-state index contributed by atoms with van der Waals surface area (Å²) in [5.41, 5.74) is 0.0400. The summed E-state index contributed by atoms with van der Waals surface area (Å²) in [5.74, 6) is -0.00782. The van der Waals surface area contributed by atoms with Crippen molar-refractivity contribution in [3.05, 3.63) is 11.9 Å². The lowest BCUT2D eigenvalue weighted by Crippen LogP contribution is -2.32. The van der Waals surface area contributed by atoms with Crippen LogP contribution in [0.4, 0.5) is 4.79 Å². The molecule has 0 atom stereocenters. The van der Waals surface area contributed by atoms with E-state index in [1.165, 1.54) is 11.6 Å². The molecule has 1 N–H and O–H groups in total. The second kappa shape index (κ2) is 5.61. The largest absolute Gasteiger partial charge is 0.444 e. The number of carbonyl (C=O) groups is 2. The van der Waals surface area contributed by atoms with Gasteiger partial charge in [0.25, 0.3) is 0 Å². The number of ether oxygens (including phenoxy) is 1. The van der Waals surface area contributed by atoms with Gasteiger partial charge in [-0.15, -0.1) is 5.10 Å². The summed E-state index contributed by atoms with van der Waals surface area (Å²) < 4.78 is 6.50. The third-order valence-electron chi connectivity index (χ3n) is 1.78. The van der Waals surface area contributed by atoms with E-state index in [-0.39, 0.29) is 18.9 Å². The molecule has 0 aliphatic carbocycles. The number of alkyl carbamates (subject to hydrolysis) is 1. The van der Waals surface area contributed by atoms with Crippen LogP contribution in [0.3, 0.4) is 0 Å². The Labute approximate surface area is 105 Å². The van der Waals surface area contributed by atoms with Gasteiger partial charge in [-0.25, -0.2) is 9.48 Å². The monoisotopic (exact) mass is 254 g/mol. The fraction of sp³-hybridized carbons (Fsp3) is 0.636. The topological polar surface area (TPSA) is 86.1 Å². The lowest BCUT2D eigenvalue weighted by Gasteiger charge is -2.19. The molecular formula is C11H18N4O3. The van der Waals surface area contributed by atoms with E-state index in [0.29, 0.717) is 5.69 Å². The predicted molar refractivity (Wildman–Crippen MR) is 63.8 cm³/mol. The number of hydrogen-bond acceptors (Lipinski definition) is 5. The molecule has 7 nitrogen and oxygen atoms in total. The summed E-state index contributed by atoms with van der Waals surface area (Å²) in [4.78, 5) is 22.2. The van der Waals surface area contributed by atoms with Gasteiger partial charge in [-0.05, 0) is 27.7 Å². The number of aromatic nitrogens is 3. The van der Waals surface area contributed by atoms with Crippen molar-refractivity contribution in [2.24, 2.45) is 0 Å². The van der Waals surface area contributed by atoms with E-state index in [2.05, 4.69) is 15.6 Å². The van der Waals surface area contributed by atoms with E-state index < -0.39 is 11.7 Å². The van der Waals surface area contributed by atoms with Crippen LogP contribution in [0.15, 0.2) is 6.20 Å². The second-order valence-electron chi connectivity index (χ2n) is 4.96. The average molecular weight is 254 g/mol. The lowest BCUT2D eigenvalue weighted by molar-refractivity contribution is -0.117. The zero-order chi connectivity index (χ0) is 13.8. The van der Waals surface area contributed by atoms with Gasteiger partial charge in [-0.1, -0.05) is 5.21 Å². The maximum absolute atomic E-state index is 11.4. The molecular weight excluding hydrogens is 236 g/mol. The molecule has 0 radical (unpaired) electrons. The summed E-state index contributed by atoms with van der Waals surface area (Å²) in [6.45, 7) is 7.23. The molecule has 1 aromatic rings. The summed E-state index contributed by atoms with van der Waals surface area (Å²) in [5, 5.41) is 10.2. The number of rotatable bonds is 4. The number of hydrogen-bond donors (Lipinski definition) is 1. The van der Waals surface area contributed by atoms with Crippen molar-refractivity contribution < 1.29 is 14.3 Å². The SMILES string of the molecule is CC(=O)Cn1cc(CNC(=O)OC(C)(C)C)nn1. The molecule has 7 heteroatoms. The van der Waals surface area contributed by atoms with Crippen LogP contribution in [0.5, 0.6) is 0 Å². The number of ketones is 1. The first-order valence-electron chi connectivity index (χ1n) is 5.61. The summed E-state index contributed by atoms with van der Waals surface area (Å²) in [6, 6.07) is 0. The van der Waals surface area contributed by atoms with Crippen LogP contribution < -0.4 is 5.32 Å². The van der Waals surface area contributed by atoms with Crippen molar-refractivity contribution >= 4 is 11.9 Å². The fourth-order valence-corrected chi connectivity index (χ4v) is 1.20. The van der Waals surface area contributed by atoms with Crippen molar-refractivity contribution in [1.29, 1.82) is 0 Å². The van der Waals surface area contributed by atoms with Gasteiger partial charge < -0.3 is 10.1 Å². The Morgan fingerprint density at radius 1 is 1.44 bits per heavy atom. The van der Waals surface area contributed by atoms with Gasteiger partial charge in [-0.3, -0.25) is 4.79 Å². The standard InChI is InChI=1S/C11H18N4O3/c1-8(16)6-15-7-9(13-14-15)5-12-10(17)18-11(2,3)4/h7H,5-6H2,1-4H3,(H,12,17). The predicted octanol–water partition coefficient (Wildman–Crippen LogP) is 0.892. The van der Waals surface area contributed by atoms with Crippen LogP contribution in [0.1, 0.15) is 33.4 Å². The van der Waals surface area contributed by atoms with E-state index >= 15 is 0 Å². The number of Topliss-reactive ketones (excluding diaryl/α,β-unsaturated/α-hetero) is 1. The minimum Gasteiger partial charge on any atom is -0.444 e. The van der Waals surface area contributed by atoms with Gasteiger partial charge in [0.15, 0.2) is 5.78 Å². The molecule has 0 spiro atoms.